The van der Waals surface area contributed by atoms with Gasteiger partial charge in [-0.1, -0.05) is 29.8 Å². The van der Waals surface area contributed by atoms with Crippen LogP contribution < -0.4 is 5.73 Å². The van der Waals surface area contributed by atoms with Gasteiger partial charge in [-0.25, -0.2) is 13.2 Å². The number of amidine groups is 1. The van der Waals surface area contributed by atoms with Crippen molar-refractivity contribution in [2.24, 2.45) is 10.7 Å². The zero-order valence-electron chi connectivity index (χ0n) is 15.4. The molecule has 0 saturated carbocycles. The van der Waals surface area contributed by atoms with Crippen LogP contribution in [0.15, 0.2) is 67.5 Å². The van der Waals surface area contributed by atoms with Gasteiger partial charge in [0.25, 0.3) is 0 Å². The number of phenols is 1. The van der Waals surface area contributed by atoms with Crippen LogP contribution in [0, 0.1) is 0 Å². The van der Waals surface area contributed by atoms with E-state index in [2.05, 4.69) is 4.99 Å². The highest BCUT2D eigenvalue weighted by molar-refractivity contribution is 8.01. The summed E-state index contributed by atoms with van der Waals surface area (Å²) in [5.74, 6) is -0.531. The molecule has 0 atom stereocenters. The SMILES string of the molecule is CSc1sc(/C(N)=N\C(=O)O)cc1S(=O)(=O)c1cc(O)cc(-c2ccccc2Cl)c1. The van der Waals surface area contributed by atoms with Crippen molar-refractivity contribution in [3.63, 3.8) is 0 Å². The van der Waals surface area contributed by atoms with E-state index in [-0.39, 0.29) is 26.3 Å². The Balaban J connectivity index is 2.16. The van der Waals surface area contributed by atoms with Crippen molar-refractivity contribution < 1.29 is 23.4 Å². The van der Waals surface area contributed by atoms with Gasteiger partial charge < -0.3 is 15.9 Å². The Morgan fingerprint density at radius 1 is 1.20 bits per heavy atom. The first-order chi connectivity index (χ1) is 14.1. The Hall–Kier alpha value is -2.53. The molecule has 11 heteroatoms. The highest BCUT2D eigenvalue weighted by Gasteiger charge is 2.26. The molecule has 156 valence electrons. The second-order valence-corrected chi connectivity index (χ2v) is 10.4. The molecule has 7 nitrogen and oxygen atoms in total. The van der Waals surface area contributed by atoms with Crippen LogP contribution in [0.4, 0.5) is 4.79 Å². The number of sulfone groups is 1. The first kappa shape index (κ1) is 22.2. The van der Waals surface area contributed by atoms with Gasteiger partial charge in [0.1, 0.15) is 11.6 Å². The number of carboxylic acid groups (broad SMARTS) is 1. The average Bonchev–Trinajstić information content (AvgIpc) is 3.13. The van der Waals surface area contributed by atoms with Gasteiger partial charge in [0.05, 0.1) is 18.9 Å². The minimum absolute atomic E-state index is 0.0470. The molecule has 4 N–H and O–H groups in total. The van der Waals surface area contributed by atoms with Crippen molar-refractivity contribution >= 4 is 56.5 Å². The molecule has 0 saturated heterocycles. The Morgan fingerprint density at radius 3 is 2.53 bits per heavy atom. The monoisotopic (exact) mass is 482 g/mol. The number of benzene rings is 2. The van der Waals surface area contributed by atoms with Crippen LogP contribution in [-0.2, 0) is 9.84 Å². The molecular formula is C19H15ClN2O5S3. The molecule has 0 aliphatic rings. The number of rotatable bonds is 5. The Labute approximate surface area is 185 Å². The molecule has 1 heterocycles. The highest BCUT2D eigenvalue weighted by atomic mass is 35.5. The number of carbonyl (C=O) groups is 1. The molecule has 0 aliphatic carbocycles. The van der Waals surface area contributed by atoms with Crippen LogP contribution in [0.2, 0.25) is 5.02 Å². The second kappa shape index (κ2) is 8.68. The normalized spacial score (nSPS) is 12.1. The lowest BCUT2D eigenvalue weighted by Gasteiger charge is -2.10. The first-order valence-electron chi connectivity index (χ1n) is 8.23. The number of nitrogens with zero attached hydrogens (tertiary/aromatic N) is 1. The van der Waals surface area contributed by atoms with Gasteiger partial charge in [0, 0.05) is 10.6 Å². The summed E-state index contributed by atoms with van der Waals surface area (Å²) in [6.07, 6.45) is 0.213. The molecule has 0 radical (unpaired) electrons. The Kier molecular flexibility index (Phi) is 6.41. The zero-order valence-corrected chi connectivity index (χ0v) is 18.6. The van der Waals surface area contributed by atoms with Crippen molar-refractivity contribution in [2.45, 2.75) is 14.0 Å². The summed E-state index contributed by atoms with van der Waals surface area (Å²) in [7, 11) is -4.06. The summed E-state index contributed by atoms with van der Waals surface area (Å²) >= 11 is 8.41. The average molecular weight is 483 g/mol. The van der Waals surface area contributed by atoms with E-state index >= 15 is 0 Å². The standard InChI is InChI=1S/C19H15ClN2O5S3/c1-28-18-16(9-15(29-18)17(21)22-19(24)25)30(26,27)12-7-10(6-11(23)8-12)13-4-2-3-5-14(13)20/h2-9,23H,1H3,(H2,21,22)(H,24,25). The molecule has 0 bridgehead atoms. The van der Waals surface area contributed by atoms with Crippen molar-refractivity contribution in [1.82, 2.24) is 0 Å². The number of aromatic hydroxyl groups is 1. The number of thiophene rings is 1. The maximum absolute atomic E-state index is 13.3. The Morgan fingerprint density at radius 2 is 1.90 bits per heavy atom. The number of aliphatic imine (C=N–C) groups is 1. The molecule has 1 aromatic heterocycles. The number of amides is 1. The predicted molar refractivity (Wildman–Crippen MR) is 119 cm³/mol. The summed E-state index contributed by atoms with van der Waals surface area (Å²) in [6.45, 7) is 0. The van der Waals surface area contributed by atoms with E-state index in [4.69, 9.17) is 22.4 Å². The predicted octanol–water partition coefficient (Wildman–Crippen LogP) is 4.71. The number of thioether (sulfide) groups is 1. The van der Waals surface area contributed by atoms with E-state index in [0.717, 1.165) is 17.4 Å². The minimum Gasteiger partial charge on any atom is -0.508 e. The van der Waals surface area contributed by atoms with Crippen LogP contribution in [0.25, 0.3) is 11.1 Å². The largest absolute Gasteiger partial charge is 0.508 e. The van der Waals surface area contributed by atoms with Gasteiger partial charge in [-0.3, -0.25) is 0 Å². The number of hydrogen-bond acceptors (Lipinski definition) is 6. The molecule has 3 rings (SSSR count). The quantitative estimate of drug-likeness (QED) is 0.272. The van der Waals surface area contributed by atoms with Crippen LogP contribution in [-0.4, -0.2) is 36.8 Å². The van der Waals surface area contributed by atoms with Crippen LogP contribution in [0.3, 0.4) is 0 Å². The number of phenolic OH excluding ortho intramolecular Hbond substituents is 1. The fourth-order valence-corrected chi connectivity index (χ4v) is 6.89. The first-order valence-corrected chi connectivity index (χ1v) is 12.1. The summed E-state index contributed by atoms with van der Waals surface area (Å²) in [4.78, 5) is 14.0. The summed E-state index contributed by atoms with van der Waals surface area (Å²) < 4.78 is 27.1. The van der Waals surface area contributed by atoms with Crippen LogP contribution >= 0.6 is 34.7 Å². The van der Waals surface area contributed by atoms with E-state index in [1.807, 2.05) is 0 Å². The smallest absolute Gasteiger partial charge is 0.433 e. The summed E-state index contributed by atoms with van der Waals surface area (Å²) in [5, 5.41) is 19.4. The van der Waals surface area contributed by atoms with Crippen LogP contribution in [0.1, 0.15) is 4.88 Å². The van der Waals surface area contributed by atoms with Crippen molar-refractivity contribution in [3.05, 3.63) is 58.4 Å². The maximum atomic E-state index is 13.3. The minimum atomic E-state index is -4.06. The molecule has 0 spiro atoms. The summed E-state index contributed by atoms with van der Waals surface area (Å²) in [6, 6.07) is 12.1. The molecule has 30 heavy (non-hydrogen) atoms. The fourth-order valence-electron chi connectivity index (χ4n) is 2.69. The third-order valence-electron chi connectivity index (χ3n) is 4.00. The van der Waals surface area contributed by atoms with Gasteiger partial charge in [0.2, 0.25) is 9.84 Å². The van der Waals surface area contributed by atoms with Gasteiger partial charge in [-0.2, -0.15) is 4.99 Å². The molecular weight excluding hydrogens is 468 g/mol. The van der Waals surface area contributed by atoms with E-state index in [1.165, 1.54) is 30.0 Å². The molecule has 0 unspecified atom stereocenters. The fraction of sp³-hybridized carbons (Fsp3) is 0.0526. The molecule has 1 amide bonds. The highest BCUT2D eigenvalue weighted by Crippen LogP contribution is 2.39. The zero-order chi connectivity index (χ0) is 22.1. The lowest BCUT2D eigenvalue weighted by Crippen LogP contribution is -2.13. The van der Waals surface area contributed by atoms with E-state index in [0.29, 0.717) is 20.4 Å². The van der Waals surface area contributed by atoms with Crippen LogP contribution in [0.5, 0.6) is 5.75 Å². The molecule has 3 aromatic rings. The lowest BCUT2D eigenvalue weighted by molar-refractivity contribution is 0.205. The molecule has 0 aliphatic heterocycles. The second-order valence-electron chi connectivity index (χ2n) is 5.94. The van der Waals surface area contributed by atoms with E-state index in [9.17, 15) is 18.3 Å². The van der Waals surface area contributed by atoms with Gasteiger partial charge in [0.15, 0.2) is 0 Å². The molecule has 0 fully saturated rings. The van der Waals surface area contributed by atoms with E-state index < -0.39 is 15.9 Å². The van der Waals surface area contributed by atoms with Crippen molar-refractivity contribution in [3.8, 4) is 16.9 Å². The lowest BCUT2D eigenvalue weighted by atomic mass is 10.1. The van der Waals surface area contributed by atoms with Gasteiger partial charge in [-0.05, 0) is 42.2 Å². The van der Waals surface area contributed by atoms with Crippen molar-refractivity contribution in [2.75, 3.05) is 6.26 Å². The number of halogens is 1. The van der Waals surface area contributed by atoms with Gasteiger partial charge in [-0.15, -0.1) is 23.1 Å². The van der Waals surface area contributed by atoms with Crippen molar-refractivity contribution in [1.29, 1.82) is 0 Å². The molecule has 2 aromatic carbocycles. The summed E-state index contributed by atoms with van der Waals surface area (Å²) in [5.41, 5.74) is 6.68. The third-order valence-corrected chi connectivity index (χ3v) is 8.63. The third kappa shape index (κ3) is 4.46. The maximum Gasteiger partial charge on any atom is 0.433 e. The van der Waals surface area contributed by atoms with E-state index in [1.54, 1.807) is 30.5 Å². The topological polar surface area (TPSA) is 130 Å². The Bertz CT molecular complexity index is 1270. The number of hydrogen-bond donors (Lipinski definition) is 3. The number of nitrogens with two attached hydrogens (primary N) is 1. The van der Waals surface area contributed by atoms with Gasteiger partial charge >= 0.3 is 6.09 Å².